The molecule has 3 aliphatic carbocycles. The van der Waals surface area contributed by atoms with Gasteiger partial charge in [-0.25, -0.2) is 8.78 Å². The fraction of sp³-hybridized carbons (Fsp3) is 0.400. The average molecular weight is 609 g/mol. The lowest BCUT2D eigenvalue weighted by atomic mass is 9.42. The standard InChI is InChI=1S/C30H30F2N6O6/c1-37(2)17-8-13(12-5-6-15(31)16(32)7-12)21(39)18-14(17)9-28(35)10-30(36)24(38(3)4)23(41)19(27(34)44)25(42)29(30,11-33)26(43)20(28)22(18)40/h5-8,19-20,24,39H,9-10,35-36H2,1-4H3,(H2,34,44)/t19?,20?,24-,28-,29+,30-/m1/s1. The minimum absolute atomic E-state index is 0.0215. The van der Waals surface area contributed by atoms with Crippen LogP contribution in [0.15, 0.2) is 24.3 Å². The van der Waals surface area contributed by atoms with Gasteiger partial charge in [0.25, 0.3) is 0 Å². The Balaban J connectivity index is 1.80. The van der Waals surface area contributed by atoms with Crippen molar-refractivity contribution < 1.29 is 37.9 Å². The molecule has 2 saturated carbocycles. The van der Waals surface area contributed by atoms with Crippen molar-refractivity contribution in [3.8, 4) is 22.9 Å². The van der Waals surface area contributed by atoms with Gasteiger partial charge in [0.05, 0.1) is 23.2 Å². The van der Waals surface area contributed by atoms with Gasteiger partial charge in [-0.2, -0.15) is 5.26 Å². The van der Waals surface area contributed by atoms with Crippen molar-refractivity contribution in [2.24, 2.45) is 34.5 Å². The highest BCUT2D eigenvalue weighted by Gasteiger charge is 2.78. The number of halogens is 2. The fourth-order valence-corrected chi connectivity index (χ4v) is 7.54. The number of Topliss-reactive ketones (excluding diaryl/α,β-unsaturated/α-hetero) is 4. The number of amides is 1. The van der Waals surface area contributed by atoms with Gasteiger partial charge in [0.2, 0.25) is 5.91 Å². The van der Waals surface area contributed by atoms with E-state index in [0.29, 0.717) is 5.69 Å². The van der Waals surface area contributed by atoms with E-state index in [-0.39, 0.29) is 28.7 Å². The van der Waals surface area contributed by atoms with Crippen LogP contribution >= 0.6 is 0 Å². The summed E-state index contributed by atoms with van der Waals surface area (Å²) >= 11 is 0. The lowest BCUT2D eigenvalue weighted by molar-refractivity contribution is -0.166. The number of nitrogens with two attached hydrogens (primary N) is 3. The highest BCUT2D eigenvalue weighted by molar-refractivity contribution is 6.33. The number of fused-ring (bicyclic) bond motifs is 3. The molecule has 0 aromatic heterocycles. The molecule has 2 aromatic carbocycles. The van der Waals surface area contributed by atoms with E-state index in [1.54, 1.807) is 25.1 Å². The molecule has 6 atom stereocenters. The molecule has 0 heterocycles. The van der Waals surface area contributed by atoms with Gasteiger partial charge in [0, 0.05) is 30.9 Å². The number of rotatable bonds is 4. The minimum Gasteiger partial charge on any atom is -0.507 e. The number of phenols is 1. The molecule has 2 aromatic rings. The lowest BCUT2D eigenvalue weighted by Gasteiger charge is -2.60. The highest BCUT2D eigenvalue weighted by atomic mass is 19.2. The Labute approximate surface area is 250 Å². The molecule has 0 bridgehead atoms. The zero-order valence-corrected chi connectivity index (χ0v) is 24.3. The molecule has 44 heavy (non-hydrogen) atoms. The second-order valence-electron chi connectivity index (χ2n) is 12.3. The van der Waals surface area contributed by atoms with E-state index in [9.17, 15) is 43.1 Å². The summed E-state index contributed by atoms with van der Waals surface area (Å²) in [6.07, 6.45) is -0.828. The second-order valence-corrected chi connectivity index (χ2v) is 12.3. The molecule has 7 N–H and O–H groups in total. The van der Waals surface area contributed by atoms with Gasteiger partial charge in [0.1, 0.15) is 11.7 Å². The number of phenolic OH excluding ortho intramolecular Hbond substituents is 1. The summed E-state index contributed by atoms with van der Waals surface area (Å²) < 4.78 is 27.9. The SMILES string of the molecule is CN(C)c1cc(-c2ccc(F)c(F)c2)c(O)c2c1C[C@@]1(N)C[C@@]3(N)[C@H](N(C)C)C(=O)C(C(N)=O)C(=O)[C@@]3(C#N)C(=O)C1C2=O. The Hall–Kier alpha value is -4.58. The van der Waals surface area contributed by atoms with Crippen molar-refractivity contribution in [1.29, 1.82) is 5.26 Å². The van der Waals surface area contributed by atoms with Crippen LogP contribution in [0.25, 0.3) is 11.1 Å². The van der Waals surface area contributed by atoms with Crippen molar-refractivity contribution in [2.45, 2.75) is 30.0 Å². The van der Waals surface area contributed by atoms with E-state index in [2.05, 4.69) is 0 Å². The van der Waals surface area contributed by atoms with Gasteiger partial charge in [-0.3, -0.25) is 28.9 Å². The number of aromatic hydroxyl groups is 1. The molecule has 12 nitrogen and oxygen atoms in total. The number of nitriles is 1. The third-order valence-corrected chi connectivity index (χ3v) is 9.28. The first-order valence-electron chi connectivity index (χ1n) is 13.5. The molecule has 2 fully saturated rings. The molecule has 0 spiro atoms. The third-order valence-electron chi connectivity index (χ3n) is 9.28. The number of hydrogen-bond donors (Lipinski definition) is 4. The summed E-state index contributed by atoms with van der Waals surface area (Å²) in [4.78, 5) is 71.4. The van der Waals surface area contributed by atoms with Crippen molar-refractivity contribution in [3.63, 3.8) is 0 Å². The van der Waals surface area contributed by atoms with Crippen molar-refractivity contribution >= 4 is 34.7 Å². The summed E-state index contributed by atoms with van der Waals surface area (Å²) in [5.74, 6) is -13.3. The van der Waals surface area contributed by atoms with E-state index in [1.807, 2.05) is 0 Å². The molecule has 0 saturated heterocycles. The first-order valence-corrected chi connectivity index (χ1v) is 13.5. The predicted octanol–water partition coefficient (Wildman–Crippen LogP) is -0.180. The molecule has 2 unspecified atom stereocenters. The summed E-state index contributed by atoms with van der Waals surface area (Å²) in [6, 6.07) is 4.45. The van der Waals surface area contributed by atoms with E-state index in [4.69, 9.17) is 17.2 Å². The normalized spacial score (nSPS) is 31.2. The highest BCUT2D eigenvalue weighted by Crippen LogP contribution is 2.57. The number of nitrogens with zero attached hydrogens (tertiary/aromatic N) is 3. The number of benzene rings is 2. The Morgan fingerprint density at radius 3 is 2.20 bits per heavy atom. The summed E-state index contributed by atoms with van der Waals surface area (Å²) in [6.45, 7) is 0. The maximum atomic E-state index is 14.5. The Morgan fingerprint density at radius 2 is 1.68 bits per heavy atom. The van der Waals surface area contributed by atoms with E-state index < -0.39 is 87.2 Å². The summed E-state index contributed by atoms with van der Waals surface area (Å²) in [7, 11) is 6.08. The van der Waals surface area contributed by atoms with Crippen molar-refractivity contribution in [2.75, 3.05) is 33.1 Å². The molecule has 0 aliphatic heterocycles. The summed E-state index contributed by atoms with van der Waals surface area (Å²) in [5.41, 5.74) is 12.2. The topological polar surface area (TPSA) is 214 Å². The molecule has 0 radical (unpaired) electrons. The summed E-state index contributed by atoms with van der Waals surface area (Å²) in [5, 5.41) is 21.9. The van der Waals surface area contributed by atoms with Crippen LogP contribution in [0.3, 0.4) is 0 Å². The number of carbonyl (C=O) groups is 5. The maximum absolute atomic E-state index is 14.5. The van der Waals surface area contributed by atoms with Crippen LogP contribution in [0.2, 0.25) is 0 Å². The lowest BCUT2D eigenvalue weighted by Crippen LogP contribution is -2.85. The zero-order chi connectivity index (χ0) is 32.8. The van der Waals surface area contributed by atoms with Crippen LogP contribution in [0.5, 0.6) is 5.75 Å². The Bertz CT molecular complexity index is 1750. The fourth-order valence-electron chi connectivity index (χ4n) is 7.54. The average Bonchev–Trinajstić information content (AvgIpc) is 2.89. The van der Waals surface area contributed by atoms with Crippen LogP contribution in [0, 0.1) is 40.2 Å². The molecule has 3 aliphatic rings. The number of carbonyl (C=O) groups excluding carboxylic acids is 5. The van der Waals surface area contributed by atoms with E-state index >= 15 is 0 Å². The molecular formula is C30H30F2N6O6. The number of hydrogen-bond acceptors (Lipinski definition) is 11. The monoisotopic (exact) mass is 608 g/mol. The first kappa shape index (κ1) is 30.9. The zero-order valence-electron chi connectivity index (χ0n) is 24.3. The van der Waals surface area contributed by atoms with Gasteiger partial charge in [-0.05, 0) is 56.3 Å². The van der Waals surface area contributed by atoms with Gasteiger partial charge >= 0.3 is 0 Å². The van der Waals surface area contributed by atoms with Gasteiger partial charge in [-0.15, -0.1) is 0 Å². The van der Waals surface area contributed by atoms with Gasteiger partial charge in [-0.1, -0.05) is 6.07 Å². The number of anilines is 1. The third kappa shape index (κ3) is 3.73. The molecule has 5 rings (SSSR count). The number of likely N-dealkylation sites (N-methyl/N-ethyl adjacent to an activating group) is 1. The van der Waals surface area contributed by atoms with Crippen LogP contribution in [0.4, 0.5) is 14.5 Å². The number of primary amides is 1. The van der Waals surface area contributed by atoms with Crippen LogP contribution in [0.1, 0.15) is 22.3 Å². The Kier molecular flexibility index (Phi) is 6.81. The second kappa shape index (κ2) is 9.71. The maximum Gasteiger partial charge on any atom is 0.235 e. The Morgan fingerprint density at radius 1 is 1.05 bits per heavy atom. The van der Waals surface area contributed by atoms with Crippen molar-refractivity contribution in [3.05, 3.63) is 47.0 Å². The van der Waals surface area contributed by atoms with Crippen LogP contribution in [-0.2, 0) is 25.6 Å². The molecule has 230 valence electrons. The predicted molar refractivity (Wildman–Crippen MR) is 151 cm³/mol. The van der Waals surface area contributed by atoms with E-state index in [0.717, 1.165) is 12.1 Å². The quantitative estimate of drug-likeness (QED) is 0.334. The van der Waals surface area contributed by atoms with Crippen LogP contribution in [-0.4, -0.2) is 84.4 Å². The number of ketones is 4. The van der Waals surface area contributed by atoms with Gasteiger partial charge in [0.15, 0.2) is 46.1 Å². The largest absolute Gasteiger partial charge is 0.507 e. The van der Waals surface area contributed by atoms with Crippen molar-refractivity contribution in [1.82, 2.24) is 4.90 Å². The van der Waals surface area contributed by atoms with E-state index in [1.165, 1.54) is 31.1 Å². The van der Waals surface area contributed by atoms with Crippen LogP contribution < -0.4 is 22.1 Å². The first-order chi connectivity index (χ1) is 20.4. The molecule has 14 heteroatoms. The smallest absolute Gasteiger partial charge is 0.235 e. The molecule has 1 amide bonds. The van der Waals surface area contributed by atoms with Gasteiger partial charge < -0.3 is 27.2 Å². The molecular weight excluding hydrogens is 578 g/mol. The minimum atomic E-state index is -2.88.